The standard InChI is InChI=1S/C18H22O5S/c1-5-13(19)12-7-11-8-17(24-16(11)9-15(12)22-3)14(20)6-10(2)18(21)23-4/h7-10,13,19H,5-6H2,1-4H3. The Kier molecular flexibility index (Phi) is 5.96. The Hall–Kier alpha value is -1.92. The Balaban J connectivity index is 2.34. The van der Waals surface area contributed by atoms with Crippen LogP contribution in [0.3, 0.4) is 0 Å². The van der Waals surface area contributed by atoms with Gasteiger partial charge in [-0.05, 0) is 30.0 Å². The minimum absolute atomic E-state index is 0.0920. The van der Waals surface area contributed by atoms with E-state index in [1.165, 1.54) is 18.4 Å². The number of methoxy groups -OCH3 is 2. The molecule has 1 aromatic carbocycles. The zero-order valence-corrected chi connectivity index (χ0v) is 15.1. The van der Waals surface area contributed by atoms with E-state index < -0.39 is 12.0 Å². The van der Waals surface area contributed by atoms with Crippen LogP contribution in [0.25, 0.3) is 10.1 Å². The van der Waals surface area contributed by atoms with Gasteiger partial charge in [-0.3, -0.25) is 9.59 Å². The number of ether oxygens (including phenoxy) is 2. The molecule has 6 heteroatoms. The minimum Gasteiger partial charge on any atom is -0.496 e. The third kappa shape index (κ3) is 3.76. The maximum Gasteiger partial charge on any atom is 0.308 e. The van der Waals surface area contributed by atoms with Crippen molar-refractivity contribution in [3.05, 3.63) is 28.6 Å². The second kappa shape index (κ2) is 7.77. The van der Waals surface area contributed by atoms with Crippen LogP contribution in [0, 0.1) is 5.92 Å². The molecule has 0 aliphatic rings. The van der Waals surface area contributed by atoms with Gasteiger partial charge in [-0.15, -0.1) is 11.3 Å². The van der Waals surface area contributed by atoms with Crippen molar-refractivity contribution >= 4 is 33.2 Å². The van der Waals surface area contributed by atoms with E-state index in [9.17, 15) is 14.7 Å². The van der Waals surface area contributed by atoms with Crippen LogP contribution in [-0.4, -0.2) is 31.1 Å². The van der Waals surface area contributed by atoms with E-state index >= 15 is 0 Å². The molecule has 0 spiro atoms. The fourth-order valence-electron chi connectivity index (χ4n) is 2.54. The highest BCUT2D eigenvalue weighted by atomic mass is 32.1. The molecule has 0 bridgehead atoms. The van der Waals surface area contributed by atoms with Crippen LogP contribution in [0.1, 0.15) is 48.0 Å². The molecule has 1 aromatic heterocycles. The minimum atomic E-state index is -0.609. The molecule has 0 radical (unpaired) electrons. The summed E-state index contributed by atoms with van der Waals surface area (Å²) in [5, 5.41) is 11.0. The number of rotatable bonds is 7. The Morgan fingerprint density at radius 1 is 1.25 bits per heavy atom. The first-order valence-electron chi connectivity index (χ1n) is 7.81. The number of aliphatic hydroxyl groups excluding tert-OH is 1. The number of benzene rings is 1. The first kappa shape index (κ1) is 18.4. The molecule has 2 rings (SSSR count). The van der Waals surface area contributed by atoms with Crippen molar-refractivity contribution in [3.63, 3.8) is 0 Å². The zero-order valence-electron chi connectivity index (χ0n) is 14.3. The normalized spacial score (nSPS) is 13.5. The van der Waals surface area contributed by atoms with Crippen LogP contribution >= 0.6 is 11.3 Å². The first-order chi connectivity index (χ1) is 11.4. The van der Waals surface area contributed by atoms with Crippen molar-refractivity contribution in [3.8, 4) is 5.75 Å². The Labute approximate surface area is 145 Å². The highest BCUT2D eigenvalue weighted by Crippen LogP contribution is 2.36. The molecule has 5 nitrogen and oxygen atoms in total. The Morgan fingerprint density at radius 2 is 1.96 bits per heavy atom. The summed E-state index contributed by atoms with van der Waals surface area (Å²) in [7, 11) is 2.88. The monoisotopic (exact) mass is 350 g/mol. The lowest BCUT2D eigenvalue weighted by atomic mass is 10.0. The number of Topliss-reactive ketones (excluding diaryl/α,β-unsaturated/α-hetero) is 1. The molecule has 0 saturated carbocycles. The van der Waals surface area contributed by atoms with Crippen molar-refractivity contribution < 1.29 is 24.2 Å². The average molecular weight is 350 g/mol. The fourth-order valence-corrected chi connectivity index (χ4v) is 3.57. The van der Waals surface area contributed by atoms with Crippen molar-refractivity contribution in [1.29, 1.82) is 0 Å². The number of hydrogen-bond donors (Lipinski definition) is 1. The van der Waals surface area contributed by atoms with Gasteiger partial charge in [0.25, 0.3) is 0 Å². The quantitative estimate of drug-likeness (QED) is 0.608. The fraction of sp³-hybridized carbons (Fsp3) is 0.444. The molecular formula is C18H22O5S. The Morgan fingerprint density at radius 3 is 2.54 bits per heavy atom. The lowest BCUT2D eigenvalue weighted by Crippen LogP contribution is -2.16. The second-order valence-corrected chi connectivity index (χ2v) is 6.80. The number of fused-ring (bicyclic) bond motifs is 1. The average Bonchev–Trinajstić information content (AvgIpc) is 3.01. The van der Waals surface area contributed by atoms with E-state index in [1.807, 2.05) is 19.1 Å². The Bertz CT molecular complexity index is 749. The summed E-state index contributed by atoms with van der Waals surface area (Å²) in [6.07, 6.45) is 0.0814. The molecular weight excluding hydrogens is 328 g/mol. The van der Waals surface area contributed by atoms with E-state index in [2.05, 4.69) is 4.74 Å². The molecule has 1 N–H and O–H groups in total. The predicted octanol–water partition coefficient (Wildman–Crippen LogP) is 3.74. The SMILES string of the molecule is CCC(O)c1cc2cc(C(=O)CC(C)C(=O)OC)sc2cc1OC. The van der Waals surface area contributed by atoms with Gasteiger partial charge in [0, 0.05) is 16.7 Å². The molecule has 130 valence electrons. The van der Waals surface area contributed by atoms with Crippen LogP contribution in [-0.2, 0) is 9.53 Å². The molecule has 0 saturated heterocycles. The lowest BCUT2D eigenvalue weighted by Gasteiger charge is -2.13. The molecule has 0 aliphatic carbocycles. The van der Waals surface area contributed by atoms with E-state index in [1.54, 1.807) is 20.1 Å². The van der Waals surface area contributed by atoms with Crippen molar-refractivity contribution in [2.45, 2.75) is 32.8 Å². The van der Waals surface area contributed by atoms with E-state index in [4.69, 9.17) is 4.74 Å². The highest BCUT2D eigenvalue weighted by molar-refractivity contribution is 7.20. The van der Waals surface area contributed by atoms with E-state index in [0.717, 1.165) is 10.1 Å². The summed E-state index contributed by atoms with van der Waals surface area (Å²) in [6, 6.07) is 5.51. The number of ketones is 1. The van der Waals surface area contributed by atoms with E-state index in [-0.39, 0.29) is 18.2 Å². The summed E-state index contributed by atoms with van der Waals surface area (Å²) >= 11 is 1.36. The number of thiophene rings is 1. The molecule has 0 amide bonds. The highest BCUT2D eigenvalue weighted by Gasteiger charge is 2.21. The van der Waals surface area contributed by atoms with Crippen molar-refractivity contribution in [2.24, 2.45) is 5.92 Å². The third-order valence-electron chi connectivity index (χ3n) is 3.98. The number of carbonyl (C=O) groups excluding carboxylic acids is 2. The molecule has 0 aliphatic heterocycles. The summed E-state index contributed by atoms with van der Waals surface area (Å²) in [5.74, 6) is -0.342. The van der Waals surface area contributed by atoms with Crippen LogP contribution in [0.2, 0.25) is 0 Å². The van der Waals surface area contributed by atoms with Gasteiger partial charge in [0.05, 0.1) is 31.1 Å². The summed E-state index contributed by atoms with van der Waals surface area (Å²) in [5.41, 5.74) is 0.715. The summed E-state index contributed by atoms with van der Waals surface area (Å²) < 4.78 is 10.9. The van der Waals surface area contributed by atoms with Gasteiger partial charge in [0.15, 0.2) is 5.78 Å². The van der Waals surface area contributed by atoms with Gasteiger partial charge < -0.3 is 14.6 Å². The van der Waals surface area contributed by atoms with Crippen LogP contribution in [0.4, 0.5) is 0 Å². The zero-order chi connectivity index (χ0) is 17.9. The molecule has 2 unspecified atom stereocenters. The van der Waals surface area contributed by atoms with Gasteiger partial charge in [0.2, 0.25) is 0 Å². The summed E-state index contributed by atoms with van der Waals surface area (Å²) in [4.78, 5) is 24.5. The second-order valence-electron chi connectivity index (χ2n) is 5.72. The predicted molar refractivity (Wildman–Crippen MR) is 93.8 cm³/mol. The van der Waals surface area contributed by atoms with Gasteiger partial charge in [-0.1, -0.05) is 13.8 Å². The third-order valence-corrected chi connectivity index (χ3v) is 5.12. The molecule has 2 atom stereocenters. The smallest absolute Gasteiger partial charge is 0.308 e. The molecule has 2 aromatic rings. The lowest BCUT2D eigenvalue weighted by molar-refractivity contribution is -0.144. The number of carbonyl (C=O) groups is 2. The van der Waals surface area contributed by atoms with Gasteiger partial charge in [0.1, 0.15) is 5.75 Å². The number of aliphatic hydroxyl groups is 1. The summed E-state index contributed by atoms with van der Waals surface area (Å²) in [6.45, 7) is 3.57. The van der Waals surface area contributed by atoms with Crippen molar-refractivity contribution in [2.75, 3.05) is 14.2 Å². The van der Waals surface area contributed by atoms with Gasteiger partial charge in [-0.25, -0.2) is 0 Å². The van der Waals surface area contributed by atoms with Crippen LogP contribution in [0.15, 0.2) is 18.2 Å². The number of hydrogen-bond acceptors (Lipinski definition) is 6. The molecule has 0 fully saturated rings. The van der Waals surface area contributed by atoms with Crippen LogP contribution < -0.4 is 4.74 Å². The first-order valence-corrected chi connectivity index (χ1v) is 8.63. The maximum atomic E-state index is 12.4. The molecule has 1 heterocycles. The molecule has 24 heavy (non-hydrogen) atoms. The van der Waals surface area contributed by atoms with Gasteiger partial charge in [-0.2, -0.15) is 0 Å². The maximum absolute atomic E-state index is 12.4. The van der Waals surface area contributed by atoms with Gasteiger partial charge >= 0.3 is 5.97 Å². The largest absolute Gasteiger partial charge is 0.496 e. The van der Waals surface area contributed by atoms with Crippen molar-refractivity contribution in [1.82, 2.24) is 0 Å². The van der Waals surface area contributed by atoms with Crippen LogP contribution in [0.5, 0.6) is 5.75 Å². The number of esters is 1. The topological polar surface area (TPSA) is 72.8 Å². The van der Waals surface area contributed by atoms with E-state index in [0.29, 0.717) is 22.6 Å².